The second-order valence-electron chi connectivity index (χ2n) is 5.76. The lowest BCUT2D eigenvalue weighted by molar-refractivity contribution is 0.0531. The number of hydrogen-bond acceptors (Lipinski definition) is 3. The van der Waals surface area contributed by atoms with Gasteiger partial charge in [-0.3, -0.25) is 0 Å². The molecule has 1 heterocycles. The van der Waals surface area contributed by atoms with E-state index in [-0.39, 0.29) is 0 Å². The van der Waals surface area contributed by atoms with Crippen molar-refractivity contribution < 1.29 is 5.11 Å². The van der Waals surface area contributed by atoms with Gasteiger partial charge >= 0.3 is 0 Å². The molecule has 0 aliphatic heterocycles. The van der Waals surface area contributed by atoms with Gasteiger partial charge in [-0.25, -0.2) is 0 Å². The number of aliphatic hydroxyl groups is 1. The Kier molecular flexibility index (Phi) is 3.92. The Balaban J connectivity index is 1.69. The first kappa shape index (κ1) is 13.8. The van der Waals surface area contributed by atoms with Gasteiger partial charge in [0.05, 0.1) is 5.60 Å². The Bertz CT molecular complexity index is 561. The van der Waals surface area contributed by atoms with Crippen molar-refractivity contribution in [2.45, 2.75) is 37.8 Å². The summed E-state index contributed by atoms with van der Waals surface area (Å²) in [4.78, 5) is 1.51. The van der Waals surface area contributed by atoms with Crippen molar-refractivity contribution in [3.05, 3.63) is 57.8 Å². The van der Waals surface area contributed by atoms with Crippen molar-refractivity contribution in [2.24, 2.45) is 0 Å². The second-order valence-corrected chi connectivity index (χ2v) is 6.77. The van der Waals surface area contributed by atoms with Crippen LogP contribution < -0.4 is 5.32 Å². The number of fused-ring (bicyclic) bond motifs is 1. The summed E-state index contributed by atoms with van der Waals surface area (Å²) in [5, 5.41) is 16.4. The lowest BCUT2D eigenvalue weighted by Gasteiger charge is -2.30. The zero-order chi connectivity index (χ0) is 14.0. The van der Waals surface area contributed by atoms with E-state index < -0.39 is 5.60 Å². The van der Waals surface area contributed by atoms with Crippen LogP contribution in [0.15, 0.2) is 41.8 Å². The topological polar surface area (TPSA) is 32.3 Å². The van der Waals surface area contributed by atoms with E-state index in [1.807, 2.05) is 48.6 Å². The minimum atomic E-state index is -0.825. The standard InChI is InChI=1S/C17H21NOS/c1-17(19,13-6-3-2-4-7-13)12-18-15-8-5-9-16-14(15)10-11-20-16/h2-4,6-7,10-11,15,18-19H,5,8-9,12H2,1H3. The summed E-state index contributed by atoms with van der Waals surface area (Å²) >= 11 is 1.86. The van der Waals surface area contributed by atoms with Crippen LogP contribution in [0, 0.1) is 0 Å². The van der Waals surface area contributed by atoms with Crippen molar-refractivity contribution in [3.8, 4) is 0 Å². The van der Waals surface area contributed by atoms with E-state index in [1.54, 1.807) is 0 Å². The molecule has 0 amide bonds. The average Bonchev–Trinajstić information content (AvgIpc) is 2.95. The Morgan fingerprint density at radius 3 is 2.90 bits per heavy atom. The number of thiophene rings is 1. The highest BCUT2D eigenvalue weighted by Gasteiger charge is 2.26. The van der Waals surface area contributed by atoms with Crippen LogP contribution in [0.1, 0.15) is 41.8 Å². The van der Waals surface area contributed by atoms with Crippen LogP contribution in [-0.2, 0) is 12.0 Å². The minimum Gasteiger partial charge on any atom is -0.384 e. The molecule has 3 heteroatoms. The number of benzene rings is 1. The average molecular weight is 287 g/mol. The van der Waals surface area contributed by atoms with Crippen molar-refractivity contribution >= 4 is 11.3 Å². The van der Waals surface area contributed by atoms with Gasteiger partial charge in [0.1, 0.15) is 0 Å². The largest absolute Gasteiger partial charge is 0.384 e. The molecule has 3 rings (SSSR count). The normalized spacial score (nSPS) is 21.2. The summed E-state index contributed by atoms with van der Waals surface area (Å²) in [7, 11) is 0. The van der Waals surface area contributed by atoms with E-state index in [4.69, 9.17) is 0 Å². The van der Waals surface area contributed by atoms with Gasteiger partial charge in [0, 0.05) is 17.5 Å². The number of hydrogen-bond donors (Lipinski definition) is 2. The van der Waals surface area contributed by atoms with Gasteiger partial charge in [0.15, 0.2) is 0 Å². The summed E-state index contributed by atoms with van der Waals surface area (Å²) in [5.41, 5.74) is 1.58. The molecule has 0 saturated heterocycles. The number of aryl methyl sites for hydroxylation is 1. The van der Waals surface area contributed by atoms with Gasteiger partial charge in [-0.05, 0) is 48.8 Å². The molecule has 0 fully saturated rings. The second kappa shape index (κ2) is 5.68. The Hall–Kier alpha value is -1.16. The molecule has 2 unspecified atom stereocenters. The molecule has 2 nitrogen and oxygen atoms in total. The van der Waals surface area contributed by atoms with Gasteiger partial charge in [-0.1, -0.05) is 30.3 Å². The maximum absolute atomic E-state index is 10.7. The first-order valence-electron chi connectivity index (χ1n) is 7.24. The molecule has 1 aliphatic carbocycles. The lowest BCUT2D eigenvalue weighted by Crippen LogP contribution is -2.38. The Morgan fingerprint density at radius 2 is 2.10 bits per heavy atom. The molecule has 2 atom stereocenters. The predicted octanol–water partition coefficient (Wildman–Crippen LogP) is 3.62. The Morgan fingerprint density at radius 1 is 1.30 bits per heavy atom. The quantitative estimate of drug-likeness (QED) is 0.900. The van der Waals surface area contributed by atoms with Gasteiger partial charge in [-0.15, -0.1) is 11.3 Å². The van der Waals surface area contributed by atoms with Gasteiger partial charge in [0.2, 0.25) is 0 Å². The van der Waals surface area contributed by atoms with Crippen LogP contribution >= 0.6 is 11.3 Å². The van der Waals surface area contributed by atoms with E-state index in [2.05, 4.69) is 16.8 Å². The molecule has 2 N–H and O–H groups in total. The maximum Gasteiger partial charge on any atom is 0.0992 e. The first-order valence-corrected chi connectivity index (χ1v) is 8.12. The SMILES string of the molecule is CC(O)(CNC1CCCc2sccc21)c1ccccc1. The van der Waals surface area contributed by atoms with Crippen LogP contribution in [0.25, 0.3) is 0 Å². The third-order valence-corrected chi connectivity index (χ3v) is 5.14. The van der Waals surface area contributed by atoms with Crippen LogP contribution in [0.4, 0.5) is 0 Å². The molecule has 0 spiro atoms. The summed E-state index contributed by atoms with van der Waals surface area (Å²) in [6.45, 7) is 2.46. The maximum atomic E-state index is 10.7. The van der Waals surface area contributed by atoms with Crippen LogP contribution in [-0.4, -0.2) is 11.7 Å². The smallest absolute Gasteiger partial charge is 0.0992 e. The fourth-order valence-corrected chi connectivity index (χ4v) is 3.91. The minimum absolute atomic E-state index is 0.389. The highest BCUT2D eigenvalue weighted by atomic mass is 32.1. The van der Waals surface area contributed by atoms with Crippen molar-refractivity contribution in [3.63, 3.8) is 0 Å². The van der Waals surface area contributed by atoms with E-state index in [0.717, 1.165) is 12.0 Å². The van der Waals surface area contributed by atoms with E-state index >= 15 is 0 Å². The number of nitrogens with one attached hydrogen (secondary N) is 1. The van der Waals surface area contributed by atoms with Gasteiger partial charge < -0.3 is 10.4 Å². The molecule has 1 aromatic carbocycles. The zero-order valence-corrected chi connectivity index (χ0v) is 12.6. The third kappa shape index (κ3) is 2.80. The molecule has 0 saturated carbocycles. The molecule has 106 valence electrons. The summed E-state index contributed by atoms with van der Waals surface area (Å²) in [5.74, 6) is 0. The van der Waals surface area contributed by atoms with Gasteiger partial charge in [-0.2, -0.15) is 0 Å². The highest BCUT2D eigenvalue weighted by molar-refractivity contribution is 7.10. The Labute approximate surface area is 124 Å². The molecular formula is C17H21NOS. The van der Waals surface area contributed by atoms with Crippen molar-refractivity contribution in [1.29, 1.82) is 0 Å². The molecule has 1 aromatic heterocycles. The van der Waals surface area contributed by atoms with E-state index in [0.29, 0.717) is 12.6 Å². The van der Waals surface area contributed by atoms with Crippen LogP contribution in [0.3, 0.4) is 0 Å². The molecule has 20 heavy (non-hydrogen) atoms. The van der Waals surface area contributed by atoms with E-state index in [1.165, 1.54) is 23.3 Å². The molecular weight excluding hydrogens is 266 g/mol. The molecule has 2 aromatic rings. The summed E-state index contributed by atoms with van der Waals surface area (Å²) < 4.78 is 0. The highest BCUT2D eigenvalue weighted by Crippen LogP contribution is 2.33. The number of rotatable bonds is 4. The zero-order valence-electron chi connectivity index (χ0n) is 11.8. The van der Waals surface area contributed by atoms with Crippen LogP contribution in [0.2, 0.25) is 0 Å². The van der Waals surface area contributed by atoms with E-state index in [9.17, 15) is 5.11 Å². The summed E-state index contributed by atoms with van der Waals surface area (Å²) in [6, 6.07) is 12.5. The summed E-state index contributed by atoms with van der Waals surface area (Å²) in [6.07, 6.45) is 3.60. The van der Waals surface area contributed by atoms with Crippen LogP contribution in [0.5, 0.6) is 0 Å². The van der Waals surface area contributed by atoms with Crippen molar-refractivity contribution in [2.75, 3.05) is 6.54 Å². The predicted molar refractivity (Wildman–Crippen MR) is 84.0 cm³/mol. The fourth-order valence-electron chi connectivity index (χ4n) is 2.92. The monoisotopic (exact) mass is 287 g/mol. The lowest BCUT2D eigenvalue weighted by atomic mass is 9.91. The first-order chi connectivity index (χ1) is 9.67. The fraction of sp³-hybridized carbons (Fsp3) is 0.412. The third-order valence-electron chi connectivity index (χ3n) is 4.14. The van der Waals surface area contributed by atoms with Gasteiger partial charge in [0.25, 0.3) is 0 Å². The molecule has 0 radical (unpaired) electrons. The molecule has 0 bridgehead atoms. The van der Waals surface area contributed by atoms with Crippen molar-refractivity contribution in [1.82, 2.24) is 5.32 Å². The molecule has 1 aliphatic rings.